The average Bonchev–Trinajstić information content (AvgIpc) is 2.74. The van der Waals surface area contributed by atoms with Crippen molar-refractivity contribution in [3.05, 3.63) is 41.2 Å². The summed E-state index contributed by atoms with van der Waals surface area (Å²) in [5.74, 6) is -2.42. The van der Waals surface area contributed by atoms with Crippen molar-refractivity contribution in [3.8, 4) is 24.0 Å². The normalized spacial score (nSPS) is 25.7. The van der Waals surface area contributed by atoms with Gasteiger partial charge in [-0.3, -0.25) is 4.90 Å². The largest absolute Gasteiger partial charge is 0.497 e. The first-order chi connectivity index (χ1) is 14.0. The third kappa shape index (κ3) is 3.16. The molecule has 1 fully saturated rings. The summed E-state index contributed by atoms with van der Waals surface area (Å²) in [4.78, 5) is 2.17. The van der Waals surface area contributed by atoms with Crippen LogP contribution in [0.3, 0.4) is 0 Å². The summed E-state index contributed by atoms with van der Waals surface area (Å²) in [6.45, 7) is 4.00. The summed E-state index contributed by atoms with van der Waals surface area (Å²) in [6.07, 6.45) is 2.84. The molecule has 0 radical (unpaired) electrons. The summed E-state index contributed by atoms with van der Waals surface area (Å²) in [5, 5.41) is 38.4. The first kappa shape index (κ1) is 20.5. The highest BCUT2D eigenvalue weighted by atomic mass is 19.1. The van der Waals surface area contributed by atoms with Crippen molar-refractivity contribution >= 4 is 5.71 Å². The van der Waals surface area contributed by atoms with Gasteiger partial charge in [0.1, 0.15) is 17.5 Å². The number of halogens is 1. The van der Waals surface area contributed by atoms with Crippen LogP contribution in [0.1, 0.15) is 24.8 Å². The van der Waals surface area contributed by atoms with E-state index in [1.165, 1.54) is 25.3 Å². The molecule has 1 aliphatic heterocycles. The molecule has 1 heterocycles. The van der Waals surface area contributed by atoms with Gasteiger partial charge in [-0.1, -0.05) is 13.0 Å². The van der Waals surface area contributed by atoms with Gasteiger partial charge in [0.05, 0.1) is 31.0 Å². The van der Waals surface area contributed by atoms with Gasteiger partial charge in [0.2, 0.25) is 0 Å². The van der Waals surface area contributed by atoms with E-state index in [-0.39, 0.29) is 11.3 Å². The van der Waals surface area contributed by atoms with E-state index >= 15 is 0 Å². The molecule has 1 aromatic rings. The lowest BCUT2D eigenvalue weighted by atomic mass is 9.54. The van der Waals surface area contributed by atoms with E-state index in [0.29, 0.717) is 24.4 Å². The number of hydrogen-bond acceptors (Lipinski definition) is 6. The molecule has 0 amide bonds. The van der Waals surface area contributed by atoms with Crippen LogP contribution in [0.15, 0.2) is 29.8 Å². The topological polar surface area (TPSA) is 108 Å². The number of nitrogens with one attached hydrogen (secondary N) is 1. The van der Waals surface area contributed by atoms with E-state index in [1.54, 1.807) is 0 Å². The van der Waals surface area contributed by atoms with Crippen molar-refractivity contribution in [1.82, 2.24) is 4.90 Å². The molecule has 0 aromatic heterocycles. The minimum atomic E-state index is -1.93. The van der Waals surface area contributed by atoms with Gasteiger partial charge < -0.3 is 10.1 Å². The predicted octanol–water partition coefficient (Wildman–Crippen LogP) is 3.39. The third-order valence-electron chi connectivity index (χ3n) is 5.94. The van der Waals surface area contributed by atoms with Gasteiger partial charge in [0, 0.05) is 24.9 Å². The zero-order valence-electron chi connectivity index (χ0n) is 16.4. The van der Waals surface area contributed by atoms with Crippen LogP contribution in [0, 0.1) is 62.5 Å². The first-order valence-electron chi connectivity index (χ1n) is 9.54. The number of hydrogen-bond donors (Lipinski definition) is 1. The van der Waals surface area contributed by atoms with E-state index in [2.05, 4.69) is 17.9 Å². The van der Waals surface area contributed by atoms with E-state index in [0.717, 1.165) is 13.0 Å². The van der Waals surface area contributed by atoms with Crippen LogP contribution < -0.4 is 4.74 Å². The minimum Gasteiger partial charge on any atom is -0.497 e. The van der Waals surface area contributed by atoms with Crippen molar-refractivity contribution in [1.29, 1.82) is 21.2 Å². The van der Waals surface area contributed by atoms with Crippen LogP contribution in [-0.2, 0) is 0 Å². The van der Waals surface area contributed by atoms with Crippen LogP contribution in [0.5, 0.6) is 5.75 Å². The molecular weight excluding hydrogens is 369 g/mol. The smallest absolute Gasteiger partial charge is 0.189 e. The quantitative estimate of drug-likeness (QED) is 0.792. The summed E-state index contributed by atoms with van der Waals surface area (Å²) >= 11 is 0. The van der Waals surface area contributed by atoms with Crippen molar-refractivity contribution in [2.45, 2.75) is 19.3 Å². The molecule has 7 heteroatoms. The maximum atomic E-state index is 15.0. The third-order valence-corrected chi connectivity index (χ3v) is 5.94. The van der Waals surface area contributed by atoms with E-state index < -0.39 is 29.0 Å². The van der Waals surface area contributed by atoms with Gasteiger partial charge in [0.25, 0.3) is 0 Å². The molecule has 29 heavy (non-hydrogen) atoms. The monoisotopic (exact) mass is 391 g/mol. The highest BCUT2D eigenvalue weighted by molar-refractivity contribution is 6.00. The second-order valence-electron chi connectivity index (χ2n) is 7.44. The molecular formula is C22H22FN5O. The molecule has 0 saturated heterocycles. The van der Waals surface area contributed by atoms with Gasteiger partial charge in [0.15, 0.2) is 5.41 Å². The number of rotatable bonds is 4. The predicted molar refractivity (Wildman–Crippen MR) is 104 cm³/mol. The highest BCUT2D eigenvalue weighted by Gasteiger charge is 2.58. The highest BCUT2D eigenvalue weighted by Crippen LogP contribution is 2.54. The second-order valence-corrected chi connectivity index (χ2v) is 7.44. The Morgan fingerprint density at radius 1 is 1.31 bits per heavy atom. The number of benzene rings is 1. The van der Waals surface area contributed by atoms with Crippen LogP contribution >= 0.6 is 0 Å². The standard InChI is InChI=1S/C22H22FN5O/c1-3-7-28-8-6-15-17(10-24)21(27)22(12-25,13-26)20(18(15)11-28)16-9-14(29-2)4-5-19(16)23/h4-6,9,17-18,20,27H,3,7-8,11H2,1-2H3/t17?,18-,20+/m0/s1. The molecule has 1 saturated carbocycles. The van der Waals surface area contributed by atoms with Gasteiger partial charge >= 0.3 is 0 Å². The summed E-state index contributed by atoms with van der Waals surface area (Å²) in [7, 11) is 1.46. The van der Waals surface area contributed by atoms with Gasteiger partial charge in [-0.05, 0) is 42.3 Å². The summed E-state index contributed by atoms with van der Waals surface area (Å²) < 4.78 is 20.2. The van der Waals surface area contributed by atoms with Crippen molar-refractivity contribution in [3.63, 3.8) is 0 Å². The lowest BCUT2D eigenvalue weighted by molar-refractivity contribution is 0.202. The number of fused-ring (bicyclic) bond motifs is 1. The van der Waals surface area contributed by atoms with Crippen molar-refractivity contribution < 1.29 is 9.13 Å². The lowest BCUT2D eigenvalue weighted by Gasteiger charge is -2.47. The Bertz CT molecular complexity index is 966. The van der Waals surface area contributed by atoms with Gasteiger partial charge in [-0.25, -0.2) is 4.39 Å². The van der Waals surface area contributed by atoms with Gasteiger partial charge in [-0.15, -0.1) is 0 Å². The number of ether oxygens (including phenoxy) is 1. The molecule has 2 aliphatic rings. The first-order valence-corrected chi connectivity index (χ1v) is 9.54. The second kappa shape index (κ2) is 8.03. The van der Waals surface area contributed by atoms with Crippen LogP contribution in [0.25, 0.3) is 0 Å². The molecule has 1 aromatic carbocycles. The Labute approximate surface area is 169 Å². The van der Waals surface area contributed by atoms with E-state index in [1.807, 2.05) is 18.2 Å². The summed E-state index contributed by atoms with van der Waals surface area (Å²) in [6, 6.07) is 10.3. The lowest BCUT2D eigenvalue weighted by Crippen LogP contribution is -2.53. The maximum Gasteiger partial charge on any atom is 0.189 e. The molecule has 1 unspecified atom stereocenters. The van der Waals surface area contributed by atoms with Crippen LogP contribution in [-0.4, -0.2) is 37.4 Å². The zero-order valence-corrected chi connectivity index (χ0v) is 16.4. The van der Waals surface area contributed by atoms with Crippen molar-refractivity contribution in [2.24, 2.45) is 17.3 Å². The van der Waals surface area contributed by atoms with Crippen molar-refractivity contribution in [2.75, 3.05) is 26.7 Å². The minimum absolute atomic E-state index is 0.169. The maximum absolute atomic E-state index is 15.0. The SMILES string of the molecule is CCCN1CC=C2C(C#N)C(=N)C(C#N)(C#N)[C@H](c3cc(OC)ccc3F)[C@H]2C1. The zero-order chi connectivity index (χ0) is 21.2. The van der Waals surface area contributed by atoms with E-state index in [4.69, 9.17) is 10.1 Å². The van der Waals surface area contributed by atoms with E-state index in [9.17, 15) is 20.2 Å². The molecule has 1 N–H and O–H groups in total. The van der Waals surface area contributed by atoms with Gasteiger partial charge in [-0.2, -0.15) is 15.8 Å². The van der Waals surface area contributed by atoms with Crippen LogP contribution in [0.4, 0.5) is 4.39 Å². The Morgan fingerprint density at radius 2 is 2.03 bits per heavy atom. The number of nitriles is 3. The average molecular weight is 391 g/mol. The molecule has 1 aliphatic carbocycles. The fourth-order valence-electron chi connectivity index (χ4n) is 4.60. The molecule has 148 valence electrons. The molecule has 6 nitrogen and oxygen atoms in total. The fourth-order valence-corrected chi connectivity index (χ4v) is 4.60. The fraction of sp³-hybridized carbons (Fsp3) is 0.455. The Balaban J connectivity index is 2.27. The molecule has 3 atom stereocenters. The number of nitrogens with zero attached hydrogens (tertiary/aromatic N) is 4. The Morgan fingerprint density at radius 3 is 2.62 bits per heavy atom. The summed E-state index contributed by atoms with van der Waals surface area (Å²) in [5.41, 5.74) is -1.32. The number of methoxy groups -OCH3 is 1. The Kier molecular flexibility index (Phi) is 5.69. The molecule has 0 bridgehead atoms. The van der Waals surface area contributed by atoms with Crippen LogP contribution in [0.2, 0.25) is 0 Å². The Hall–Kier alpha value is -3.21. The molecule has 3 rings (SSSR count). The molecule has 0 spiro atoms.